The number of fused-ring (bicyclic) bond motifs is 1. The first-order chi connectivity index (χ1) is 13.2. The number of hydrogen-bond acceptors (Lipinski definition) is 3. The van der Waals surface area contributed by atoms with Crippen LogP contribution in [0.5, 0.6) is 0 Å². The fourth-order valence-electron chi connectivity index (χ4n) is 3.92. The Morgan fingerprint density at radius 1 is 1.00 bits per heavy atom. The molecule has 5 heteroatoms. The summed E-state index contributed by atoms with van der Waals surface area (Å²) in [5, 5.41) is 11.5. The number of aliphatic hydroxyl groups is 1. The second-order valence-corrected chi connectivity index (χ2v) is 7.25. The molecular formula is C22H26FN3O. The highest BCUT2D eigenvalue weighted by Gasteiger charge is 2.19. The maximum atomic E-state index is 13.0. The summed E-state index contributed by atoms with van der Waals surface area (Å²) in [5.41, 5.74) is 3.28. The summed E-state index contributed by atoms with van der Waals surface area (Å²) in [4.78, 5) is 8.20. The average Bonchev–Trinajstić information content (AvgIpc) is 3.18. The number of aromatic nitrogens is 1. The first kappa shape index (κ1) is 18.0. The third-order valence-electron chi connectivity index (χ3n) is 5.49. The molecule has 4 rings (SSSR count). The fourth-order valence-corrected chi connectivity index (χ4v) is 3.92. The third-order valence-corrected chi connectivity index (χ3v) is 5.49. The van der Waals surface area contributed by atoms with Gasteiger partial charge in [0, 0.05) is 49.0 Å². The normalized spacial score (nSPS) is 16.7. The Bertz CT molecular complexity index is 869. The van der Waals surface area contributed by atoms with Crippen LogP contribution in [0.1, 0.15) is 24.5 Å². The van der Waals surface area contributed by atoms with Crippen molar-refractivity contribution in [3.63, 3.8) is 0 Å². The molecule has 3 aromatic rings. The van der Waals surface area contributed by atoms with Crippen LogP contribution in [0, 0.1) is 5.82 Å². The number of halogens is 1. The summed E-state index contributed by atoms with van der Waals surface area (Å²) in [7, 11) is 0. The van der Waals surface area contributed by atoms with E-state index in [1.54, 1.807) is 12.1 Å². The fraction of sp³-hybridized carbons (Fsp3) is 0.364. The molecule has 0 bridgehead atoms. The van der Waals surface area contributed by atoms with E-state index in [0.29, 0.717) is 6.42 Å². The van der Waals surface area contributed by atoms with Gasteiger partial charge in [0.15, 0.2) is 0 Å². The van der Waals surface area contributed by atoms with E-state index in [-0.39, 0.29) is 5.82 Å². The molecule has 0 saturated carbocycles. The molecule has 2 heterocycles. The molecule has 142 valence electrons. The van der Waals surface area contributed by atoms with Crippen LogP contribution in [0.2, 0.25) is 0 Å². The Balaban J connectivity index is 1.25. The predicted octanol–water partition coefficient (Wildman–Crippen LogP) is 3.94. The monoisotopic (exact) mass is 367 g/mol. The zero-order chi connectivity index (χ0) is 18.6. The number of H-pyrrole nitrogens is 1. The summed E-state index contributed by atoms with van der Waals surface area (Å²) < 4.78 is 13.0. The van der Waals surface area contributed by atoms with Gasteiger partial charge in [-0.05, 0) is 55.3 Å². The minimum atomic E-state index is -0.516. The lowest BCUT2D eigenvalue weighted by Crippen LogP contribution is -2.46. The number of benzene rings is 2. The van der Waals surface area contributed by atoms with Crippen molar-refractivity contribution in [2.45, 2.75) is 18.9 Å². The number of rotatable bonds is 6. The van der Waals surface area contributed by atoms with Gasteiger partial charge in [0.25, 0.3) is 0 Å². The van der Waals surface area contributed by atoms with Gasteiger partial charge in [-0.25, -0.2) is 4.39 Å². The lowest BCUT2D eigenvalue weighted by atomic mass is 10.0. The van der Waals surface area contributed by atoms with Crippen molar-refractivity contribution in [3.8, 4) is 0 Å². The van der Waals surface area contributed by atoms with Crippen molar-refractivity contribution in [1.82, 2.24) is 9.88 Å². The number of aliphatic hydroxyl groups excluding tert-OH is 1. The van der Waals surface area contributed by atoms with Crippen LogP contribution in [-0.4, -0.2) is 47.7 Å². The van der Waals surface area contributed by atoms with Crippen molar-refractivity contribution in [3.05, 3.63) is 66.1 Å². The zero-order valence-corrected chi connectivity index (χ0v) is 15.4. The van der Waals surface area contributed by atoms with E-state index in [9.17, 15) is 9.50 Å². The molecule has 27 heavy (non-hydrogen) atoms. The van der Waals surface area contributed by atoms with Crippen LogP contribution >= 0.6 is 0 Å². The van der Waals surface area contributed by atoms with E-state index in [2.05, 4.69) is 39.0 Å². The standard InChI is InChI=1S/C22H26FN3O/c23-18-8-6-17(7-9-18)22(27)5-2-12-25-13-15-26(16-14-25)21-4-1-3-20-19(21)10-11-24-20/h1,3-4,6-11,22,24,27H,2,5,12-16H2. The third kappa shape index (κ3) is 4.15. The number of nitrogens with zero attached hydrogens (tertiary/aromatic N) is 2. The van der Waals surface area contributed by atoms with Crippen LogP contribution in [0.25, 0.3) is 10.9 Å². The molecule has 1 aromatic heterocycles. The predicted molar refractivity (Wildman–Crippen MR) is 108 cm³/mol. The second kappa shape index (κ2) is 8.11. The molecule has 2 N–H and O–H groups in total. The number of hydrogen-bond donors (Lipinski definition) is 2. The Labute approximate surface area is 159 Å². The summed E-state index contributed by atoms with van der Waals surface area (Å²) in [6, 6.07) is 14.7. The van der Waals surface area contributed by atoms with E-state index in [1.165, 1.54) is 28.7 Å². The molecule has 1 fully saturated rings. The van der Waals surface area contributed by atoms with E-state index < -0.39 is 6.10 Å². The Hall–Kier alpha value is -2.37. The van der Waals surface area contributed by atoms with Gasteiger partial charge in [0.05, 0.1) is 6.10 Å². The molecule has 1 aliphatic rings. The Morgan fingerprint density at radius 3 is 2.56 bits per heavy atom. The highest BCUT2D eigenvalue weighted by atomic mass is 19.1. The maximum absolute atomic E-state index is 13.0. The van der Waals surface area contributed by atoms with Gasteiger partial charge in [0.1, 0.15) is 5.82 Å². The van der Waals surface area contributed by atoms with Gasteiger partial charge in [-0.3, -0.25) is 4.90 Å². The molecule has 1 aliphatic heterocycles. The molecule has 4 nitrogen and oxygen atoms in total. The van der Waals surface area contributed by atoms with Crippen molar-refractivity contribution in [1.29, 1.82) is 0 Å². The highest BCUT2D eigenvalue weighted by Crippen LogP contribution is 2.27. The van der Waals surface area contributed by atoms with Crippen molar-refractivity contribution in [2.75, 3.05) is 37.6 Å². The summed E-state index contributed by atoms with van der Waals surface area (Å²) in [6.07, 6.45) is 3.12. The molecule has 0 radical (unpaired) electrons. The Morgan fingerprint density at radius 2 is 1.78 bits per heavy atom. The van der Waals surface area contributed by atoms with E-state index in [1.807, 2.05) is 6.20 Å². The molecule has 2 aromatic carbocycles. The van der Waals surface area contributed by atoms with Gasteiger partial charge < -0.3 is 15.0 Å². The van der Waals surface area contributed by atoms with Crippen molar-refractivity contribution >= 4 is 16.6 Å². The first-order valence-electron chi connectivity index (χ1n) is 9.67. The highest BCUT2D eigenvalue weighted by molar-refractivity contribution is 5.92. The van der Waals surface area contributed by atoms with Crippen LogP contribution < -0.4 is 4.90 Å². The lowest BCUT2D eigenvalue weighted by molar-refractivity contribution is 0.154. The van der Waals surface area contributed by atoms with E-state index in [4.69, 9.17) is 0 Å². The number of piperazine rings is 1. The van der Waals surface area contributed by atoms with Gasteiger partial charge in [-0.1, -0.05) is 18.2 Å². The minimum absolute atomic E-state index is 0.265. The quantitative estimate of drug-likeness (QED) is 0.693. The van der Waals surface area contributed by atoms with Crippen molar-refractivity contribution in [2.24, 2.45) is 0 Å². The molecule has 1 atom stereocenters. The molecule has 0 amide bonds. The summed E-state index contributed by atoms with van der Waals surface area (Å²) >= 11 is 0. The van der Waals surface area contributed by atoms with Crippen LogP contribution in [0.3, 0.4) is 0 Å². The molecule has 0 aliphatic carbocycles. The van der Waals surface area contributed by atoms with E-state index in [0.717, 1.165) is 44.7 Å². The average molecular weight is 367 g/mol. The van der Waals surface area contributed by atoms with E-state index >= 15 is 0 Å². The largest absolute Gasteiger partial charge is 0.388 e. The van der Waals surface area contributed by atoms with Crippen LogP contribution in [0.15, 0.2) is 54.7 Å². The lowest BCUT2D eigenvalue weighted by Gasteiger charge is -2.36. The van der Waals surface area contributed by atoms with Gasteiger partial charge in [-0.2, -0.15) is 0 Å². The molecule has 1 saturated heterocycles. The summed E-state index contributed by atoms with van der Waals surface area (Å²) in [5.74, 6) is -0.265. The van der Waals surface area contributed by atoms with Crippen LogP contribution in [-0.2, 0) is 0 Å². The van der Waals surface area contributed by atoms with Gasteiger partial charge >= 0.3 is 0 Å². The summed E-state index contributed by atoms with van der Waals surface area (Å²) in [6.45, 7) is 5.09. The number of nitrogens with one attached hydrogen (secondary N) is 1. The van der Waals surface area contributed by atoms with Gasteiger partial charge in [0.2, 0.25) is 0 Å². The SMILES string of the molecule is OC(CCCN1CCN(c2cccc3[nH]ccc23)CC1)c1ccc(F)cc1. The van der Waals surface area contributed by atoms with Crippen LogP contribution in [0.4, 0.5) is 10.1 Å². The van der Waals surface area contributed by atoms with Gasteiger partial charge in [-0.15, -0.1) is 0 Å². The number of anilines is 1. The Kier molecular flexibility index (Phi) is 5.41. The smallest absolute Gasteiger partial charge is 0.123 e. The molecule has 0 spiro atoms. The van der Waals surface area contributed by atoms with Crippen molar-refractivity contribution < 1.29 is 9.50 Å². The minimum Gasteiger partial charge on any atom is -0.388 e. The maximum Gasteiger partial charge on any atom is 0.123 e. The topological polar surface area (TPSA) is 42.5 Å². The molecular weight excluding hydrogens is 341 g/mol. The molecule has 1 unspecified atom stereocenters. The number of aromatic amines is 1. The first-order valence-corrected chi connectivity index (χ1v) is 9.67. The zero-order valence-electron chi connectivity index (χ0n) is 15.4. The second-order valence-electron chi connectivity index (χ2n) is 7.25.